The number of hydrogen-bond acceptors (Lipinski definition) is 8. The number of fused-ring (bicyclic) bond motifs is 2. The summed E-state index contributed by atoms with van der Waals surface area (Å²) in [5.74, 6) is -4.12. The Labute approximate surface area is 314 Å². The Morgan fingerprint density at radius 3 is 2.39 bits per heavy atom. The number of amides is 4. The van der Waals surface area contributed by atoms with E-state index in [1.54, 1.807) is 26.8 Å². The fourth-order valence-corrected chi connectivity index (χ4v) is 8.65. The summed E-state index contributed by atoms with van der Waals surface area (Å²) in [6.07, 6.45) is 1.71. The molecule has 0 aromatic heterocycles. The molecule has 9 atom stereocenters. The van der Waals surface area contributed by atoms with Crippen LogP contribution in [0.5, 0.6) is 0 Å². The zero-order chi connectivity index (χ0) is 39.0. The van der Waals surface area contributed by atoms with Gasteiger partial charge in [-0.05, 0) is 88.5 Å². The van der Waals surface area contributed by atoms with Gasteiger partial charge in [-0.3, -0.25) is 19.2 Å². The van der Waals surface area contributed by atoms with E-state index in [1.807, 2.05) is 13.8 Å². The van der Waals surface area contributed by atoms with Crippen LogP contribution in [0.2, 0.25) is 0 Å². The number of halogens is 2. The van der Waals surface area contributed by atoms with Crippen molar-refractivity contribution < 1.29 is 47.2 Å². The van der Waals surface area contributed by atoms with Gasteiger partial charge < -0.3 is 30.7 Å². The molecular weight excluding hydrogens is 702 g/mol. The number of benzene rings is 2. The third kappa shape index (κ3) is 8.31. The molecule has 2 aromatic carbocycles. The largest absolute Gasteiger partial charge is 0.353 e. The molecule has 5 fully saturated rings. The molecule has 7 rings (SSSR count). The maximum Gasteiger partial charge on any atom is 0.254 e. The van der Waals surface area contributed by atoms with Crippen LogP contribution in [0, 0.1) is 35.3 Å². The van der Waals surface area contributed by atoms with E-state index in [0.29, 0.717) is 17.9 Å². The van der Waals surface area contributed by atoms with Crippen molar-refractivity contribution in [2.45, 2.75) is 115 Å². The SMILES string of the molecule is C[C@H]1[C@@H](CC(=O)NC(CC(=O)NC(C)(C)C)C(=O)NCCNC(=O)c2cc(-c3ccccc3F)ccc2F)O[C@@H]2O[C@@]3(C)CC[C@H]4[C@H](C)CC[C@@H]1[C@@]24OO3. The predicted octanol–water partition coefficient (Wildman–Crippen LogP) is 4.91. The lowest BCUT2D eigenvalue weighted by Crippen LogP contribution is -2.70. The van der Waals surface area contributed by atoms with Crippen LogP contribution in [0.1, 0.15) is 90.4 Å². The van der Waals surface area contributed by atoms with Crippen LogP contribution >= 0.6 is 0 Å². The first-order valence-corrected chi connectivity index (χ1v) is 18.9. The van der Waals surface area contributed by atoms with E-state index in [2.05, 4.69) is 28.2 Å². The van der Waals surface area contributed by atoms with Crippen molar-refractivity contribution in [1.29, 1.82) is 0 Å². The average Bonchev–Trinajstić information content (AvgIpc) is 3.33. The van der Waals surface area contributed by atoms with E-state index >= 15 is 0 Å². The van der Waals surface area contributed by atoms with Crippen molar-refractivity contribution in [2.24, 2.45) is 23.7 Å². The first-order chi connectivity index (χ1) is 25.5. The Morgan fingerprint density at radius 2 is 1.65 bits per heavy atom. The van der Waals surface area contributed by atoms with Gasteiger partial charge in [0.05, 0.1) is 24.5 Å². The van der Waals surface area contributed by atoms with Crippen molar-refractivity contribution in [3.05, 3.63) is 59.7 Å². The molecule has 12 nitrogen and oxygen atoms in total. The van der Waals surface area contributed by atoms with E-state index in [4.69, 9.17) is 19.2 Å². The Balaban J connectivity index is 1.08. The van der Waals surface area contributed by atoms with Crippen molar-refractivity contribution in [1.82, 2.24) is 21.3 Å². The zero-order valence-corrected chi connectivity index (χ0v) is 31.8. The normalized spacial score (nSPS) is 30.7. The molecule has 1 spiro atoms. The summed E-state index contributed by atoms with van der Waals surface area (Å²) in [7, 11) is 0. The molecule has 54 heavy (non-hydrogen) atoms. The van der Waals surface area contributed by atoms with E-state index in [-0.39, 0.29) is 54.8 Å². The lowest BCUT2D eigenvalue weighted by molar-refractivity contribution is -0.570. The van der Waals surface area contributed by atoms with Gasteiger partial charge in [0.1, 0.15) is 17.7 Å². The van der Waals surface area contributed by atoms with Gasteiger partial charge in [-0.2, -0.15) is 0 Å². The number of hydrogen-bond donors (Lipinski definition) is 4. The highest BCUT2D eigenvalue weighted by molar-refractivity contribution is 5.96. The van der Waals surface area contributed by atoms with Crippen molar-refractivity contribution in [3.8, 4) is 11.1 Å². The van der Waals surface area contributed by atoms with Crippen LogP contribution in [0.15, 0.2) is 42.5 Å². The third-order valence-corrected chi connectivity index (χ3v) is 11.3. The Morgan fingerprint density at radius 1 is 0.907 bits per heavy atom. The lowest BCUT2D eigenvalue weighted by Gasteiger charge is -2.60. The molecule has 0 radical (unpaired) electrons. The molecule has 1 saturated carbocycles. The van der Waals surface area contributed by atoms with Crippen LogP contribution in [-0.2, 0) is 33.6 Å². The van der Waals surface area contributed by atoms with Crippen LogP contribution in [0.4, 0.5) is 8.78 Å². The summed E-state index contributed by atoms with van der Waals surface area (Å²) in [5.41, 5.74) is -1.10. The lowest BCUT2D eigenvalue weighted by atomic mass is 9.57. The minimum absolute atomic E-state index is 0.0141. The minimum Gasteiger partial charge on any atom is -0.353 e. The predicted molar refractivity (Wildman–Crippen MR) is 193 cm³/mol. The number of nitrogens with one attached hydrogen (secondary N) is 4. The molecular formula is C40H52F2N4O8. The summed E-state index contributed by atoms with van der Waals surface area (Å²) in [5, 5.41) is 10.8. The van der Waals surface area contributed by atoms with Gasteiger partial charge in [0.25, 0.3) is 5.91 Å². The molecule has 14 heteroatoms. The second kappa shape index (κ2) is 15.6. The summed E-state index contributed by atoms with van der Waals surface area (Å²) < 4.78 is 41.9. The number of carbonyl (C=O) groups is 4. The van der Waals surface area contributed by atoms with Crippen molar-refractivity contribution in [2.75, 3.05) is 13.1 Å². The van der Waals surface area contributed by atoms with Gasteiger partial charge >= 0.3 is 0 Å². The van der Waals surface area contributed by atoms with Gasteiger partial charge in [0, 0.05) is 36.5 Å². The molecule has 4 amide bonds. The van der Waals surface area contributed by atoms with Crippen LogP contribution in [0.25, 0.3) is 11.1 Å². The molecule has 5 aliphatic rings. The van der Waals surface area contributed by atoms with Crippen molar-refractivity contribution >= 4 is 23.6 Å². The summed E-state index contributed by atoms with van der Waals surface area (Å²) in [6.45, 7) is 11.3. The minimum atomic E-state index is -1.24. The van der Waals surface area contributed by atoms with Crippen LogP contribution < -0.4 is 21.3 Å². The van der Waals surface area contributed by atoms with Crippen LogP contribution in [0.3, 0.4) is 0 Å². The molecule has 2 aromatic rings. The van der Waals surface area contributed by atoms with E-state index in [9.17, 15) is 28.0 Å². The fraction of sp³-hybridized carbons (Fsp3) is 0.600. The van der Waals surface area contributed by atoms with Gasteiger partial charge in [0.2, 0.25) is 23.5 Å². The highest BCUT2D eigenvalue weighted by atomic mass is 19.1. The second-order valence-corrected chi connectivity index (χ2v) is 16.5. The number of ether oxygens (including phenoxy) is 2. The maximum atomic E-state index is 14.6. The molecule has 1 aliphatic carbocycles. The van der Waals surface area contributed by atoms with Gasteiger partial charge in [-0.25, -0.2) is 18.6 Å². The molecule has 4 heterocycles. The molecule has 4 aliphatic heterocycles. The smallest absolute Gasteiger partial charge is 0.254 e. The Bertz CT molecular complexity index is 1750. The molecule has 294 valence electrons. The standard InChI is InChI=1S/C40H52F2N4O8/c1-22-11-13-28-23(2)32(51-37-40(28)27(22)15-16-39(6,52-37)53-54-40)21-33(47)45-31(20-34(48)46-38(3,4)5)36(50)44-18-17-43-35(49)26-19-24(12-14-30(26)42)25-9-7-8-10-29(25)41/h7-10,12,14,19,22-23,27-28,31-32,37H,11,13,15-18,20-21H2,1-6H3,(H,43,49)(H,44,50)(H,45,47)(H,46,48)/t22-,23-,27+,28+,31?,32-,37-,39-,40-/m1/s1. The van der Waals surface area contributed by atoms with Crippen LogP contribution in [-0.4, -0.2) is 72.1 Å². The summed E-state index contributed by atoms with van der Waals surface area (Å²) >= 11 is 0. The summed E-state index contributed by atoms with van der Waals surface area (Å²) in [4.78, 5) is 65.1. The topological polar surface area (TPSA) is 153 Å². The van der Waals surface area contributed by atoms with Gasteiger partial charge in [0.15, 0.2) is 11.9 Å². The first-order valence-electron chi connectivity index (χ1n) is 18.9. The quantitative estimate of drug-likeness (QED) is 0.187. The molecule has 4 saturated heterocycles. The second-order valence-electron chi connectivity index (χ2n) is 16.5. The molecule has 2 bridgehead atoms. The van der Waals surface area contributed by atoms with E-state index < -0.39 is 70.6 Å². The molecule has 4 N–H and O–H groups in total. The first kappa shape index (κ1) is 39.7. The van der Waals surface area contributed by atoms with Crippen molar-refractivity contribution in [3.63, 3.8) is 0 Å². The van der Waals surface area contributed by atoms with E-state index in [1.165, 1.54) is 30.3 Å². The van der Waals surface area contributed by atoms with Gasteiger partial charge in [-0.1, -0.05) is 38.1 Å². The maximum absolute atomic E-state index is 14.6. The number of rotatable bonds is 11. The molecule has 1 unspecified atom stereocenters. The summed E-state index contributed by atoms with van der Waals surface area (Å²) in [6, 6.07) is 8.47. The highest BCUT2D eigenvalue weighted by Gasteiger charge is 2.69. The number of carbonyl (C=O) groups excluding carboxylic acids is 4. The highest BCUT2D eigenvalue weighted by Crippen LogP contribution is 2.60. The Hall–Kier alpha value is -3.98. The third-order valence-electron chi connectivity index (χ3n) is 11.3. The Kier molecular flexibility index (Phi) is 11.5. The van der Waals surface area contributed by atoms with Gasteiger partial charge in [-0.15, -0.1) is 0 Å². The zero-order valence-electron chi connectivity index (χ0n) is 31.8. The fourth-order valence-electron chi connectivity index (χ4n) is 8.65. The monoisotopic (exact) mass is 754 g/mol. The average molecular weight is 755 g/mol. The van der Waals surface area contributed by atoms with E-state index in [0.717, 1.165) is 25.3 Å².